The van der Waals surface area contributed by atoms with Crippen LogP contribution in [-0.4, -0.2) is 28.7 Å². The van der Waals surface area contributed by atoms with Gasteiger partial charge in [-0.3, -0.25) is 14.4 Å². The summed E-state index contributed by atoms with van der Waals surface area (Å²) < 4.78 is 7.15. The second-order valence-corrected chi connectivity index (χ2v) is 7.37. The summed E-state index contributed by atoms with van der Waals surface area (Å²) in [6.45, 7) is 6.35. The average Bonchev–Trinajstić information content (AvgIpc) is 3.27. The molecule has 0 fully saturated rings. The zero-order chi connectivity index (χ0) is 20.3. The van der Waals surface area contributed by atoms with E-state index >= 15 is 0 Å². The molecule has 28 heavy (non-hydrogen) atoms. The van der Waals surface area contributed by atoms with Crippen LogP contribution in [0.3, 0.4) is 0 Å². The van der Waals surface area contributed by atoms with E-state index in [4.69, 9.17) is 4.74 Å². The van der Waals surface area contributed by atoms with E-state index in [2.05, 4.69) is 0 Å². The van der Waals surface area contributed by atoms with Crippen molar-refractivity contribution in [2.75, 3.05) is 6.61 Å². The summed E-state index contributed by atoms with van der Waals surface area (Å²) in [7, 11) is 0. The third-order valence-corrected chi connectivity index (χ3v) is 5.53. The number of aromatic nitrogens is 1. The molecule has 5 nitrogen and oxygen atoms in total. The Balaban J connectivity index is 1.49. The number of benzene rings is 1. The highest BCUT2D eigenvalue weighted by Gasteiger charge is 2.18. The SMILES string of the molecule is CCn1c(C)cc(C(=O)COC(=O)CCC(=O)c2ccc3c(c2)CCC3)c1C. The van der Waals surface area contributed by atoms with Crippen LogP contribution in [0.2, 0.25) is 0 Å². The minimum absolute atomic E-state index is 0.0167. The lowest BCUT2D eigenvalue weighted by Crippen LogP contribution is -2.15. The number of ketones is 2. The van der Waals surface area contributed by atoms with E-state index in [0.717, 1.165) is 37.2 Å². The third kappa shape index (κ3) is 4.24. The maximum atomic E-state index is 12.4. The highest BCUT2D eigenvalue weighted by Crippen LogP contribution is 2.23. The molecule has 1 aliphatic rings. The molecule has 148 valence electrons. The Bertz CT molecular complexity index is 923. The minimum atomic E-state index is -0.521. The predicted molar refractivity (Wildman–Crippen MR) is 107 cm³/mol. The maximum absolute atomic E-state index is 12.4. The summed E-state index contributed by atoms with van der Waals surface area (Å²) in [5, 5.41) is 0. The fraction of sp³-hybridized carbons (Fsp3) is 0.435. The number of hydrogen-bond acceptors (Lipinski definition) is 4. The number of fused-ring (bicyclic) bond motifs is 1. The van der Waals surface area contributed by atoms with Gasteiger partial charge in [0.25, 0.3) is 0 Å². The van der Waals surface area contributed by atoms with Crippen molar-refractivity contribution < 1.29 is 19.1 Å². The second kappa shape index (κ2) is 8.55. The maximum Gasteiger partial charge on any atom is 0.306 e. The average molecular weight is 381 g/mol. The largest absolute Gasteiger partial charge is 0.457 e. The monoisotopic (exact) mass is 381 g/mol. The van der Waals surface area contributed by atoms with Gasteiger partial charge in [-0.25, -0.2) is 0 Å². The molecular weight excluding hydrogens is 354 g/mol. The van der Waals surface area contributed by atoms with Crippen LogP contribution < -0.4 is 0 Å². The second-order valence-electron chi connectivity index (χ2n) is 7.37. The summed E-state index contributed by atoms with van der Waals surface area (Å²) in [5.41, 5.74) is 5.68. The van der Waals surface area contributed by atoms with E-state index in [1.807, 2.05) is 49.6 Å². The topological polar surface area (TPSA) is 65.4 Å². The van der Waals surface area contributed by atoms with Gasteiger partial charge in [-0.2, -0.15) is 0 Å². The fourth-order valence-electron chi connectivity index (χ4n) is 3.97. The van der Waals surface area contributed by atoms with E-state index in [-0.39, 0.29) is 31.0 Å². The van der Waals surface area contributed by atoms with E-state index in [1.54, 1.807) is 0 Å². The summed E-state index contributed by atoms with van der Waals surface area (Å²) in [6.07, 6.45) is 3.30. The predicted octanol–water partition coefficient (Wildman–Crippen LogP) is 4.00. The van der Waals surface area contributed by atoms with Crippen molar-refractivity contribution in [1.82, 2.24) is 4.57 Å². The molecule has 0 aliphatic heterocycles. The molecule has 0 amide bonds. The van der Waals surface area contributed by atoms with E-state index < -0.39 is 5.97 Å². The molecule has 3 rings (SSSR count). The number of aryl methyl sites for hydroxylation is 3. The van der Waals surface area contributed by atoms with Crippen LogP contribution >= 0.6 is 0 Å². The molecule has 0 saturated carbocycles. The number of rotatable bonds is 8. The molecule has 1 heterocycles. The quantitative estimate of drug-likeness (QED) is 0.512. The van der Waals surface area contributed by atoms with Gasteiger partial charge in [0.1, 0.15) is 0 Å². The van der Waals surface area contributed by atoms with Gasteiger partial charge in [-0.15, -0.1) is 0 Å². The van der Waals surface area contributed by atoms with E-state index in [0.29, 0.717) is 11.1 Å². The Kier molecular flexibility index (Phi) is 6.12. The molecular formula is C23H27NO4. The summed E-state index contributed by atoms with van der Waals surface area (Å²) in [6, 6.07) is 7.62. The van der Waals surface area contributed by atoms with Crippen LogP contribution in [0.5, 0.6) is 0 Å². The first-order valence-electron chi connectivity index (χ1n) is 9.91. The van der Waals surface area contributed by atoms with Gasteiger partial charge in [0.15, 0.2) is 12.4 Å². The molecule has 0 atom stereocenters. The number of ether oxygens (including phenoxy) is 1. The molecule has 0 radical (unpaired) electrons. The highest BCUT2D eigenvalue weighted by molar-refractivity contribution is 6.00. The van der Waals surface area contributed by atoms with Gasteiger partial charge >= 0.3 is 5.97 Å². The van der Waals surface area contributed by atoms with E-state index in [9.17, 15) is 14.4 Å². The Morgan fingerprint density at radius 3 is 2.46 bits per heavy atom. The van der Waals surface area contributed by atoms with Crippen LogP contribution in [0.25, 0.3) is 0 Å². The molecule has 1 aromatic heterocycles. The molecule has 1 aromatic carbocycles. The standard InChI is InChI=1S/C23H27NO4/c1-4-24-15(2)12-20(16(24)3)22(26)14-28-23(27)11-10-21(25)19-9-8-17-6-5-7-18(17)13-19/h8-9,12-13H,4-7,10-11,14H2,1-3H3. The van der Waals surface area contributed by atoms with Crippen LogP contribution in [-0.2, 0) is 28.9 Å². The number of esters is 1. The first-order chi connectivity index (χ1) is 13.4. The minimum Gasteiger partial charge on any atom is -0.457 e. The number of carbonyl (C=O) groups is 3. The van der Waals surface area contributed by atoms with Gasteiger partial charge in [0.2, 0.25) is 5.78 Å². The molecule has 0 N–H and O–H groups in total. The molecule has 5 heteroatoms. The van der Waals surface area contributed by atoms with E-state index in [1.165, 1.54) is 11.1 Å². The summed E-state index contributed by atoms with van der Waals surface area (Å²) in [4.78, 5) is 36.7. The van der Waals surface area contributed by atoms with Crippen LogP contribution in [0, 0.1) is 13.8 Å². The van der Waals surface area contributed by atoms with Crippen LogP contribution in [0.15, 0.2) is 24.3 Å². The van der Waals surface area contributed by atoms with Crippen molar-refractivity contribution >= 4 is 17.5 Å². The molecule has 0 saturated heterocycles. The van der Waals surface area contributed by atoms with Gasteiger partial charge in [-0.05, 0) is 63.3 Å². The molecule has 2 aromatic rings. The Labute approximate surface area is 165 Å². The molecule has 0 unspecified atom stereocenters. The van der Waals surface area contributed by atoms with Crippen LogP contribution in [0.1, 0.15) is 69.4 Å². The highest BCUT2D eigenvalue weighted by atomic mass is 16.5. The summed E-state index contributed by atoms with van der Waals surface area (Å²) in [5.74, 6) is -0.803. The normalized spacial score (nSPS) is 12.7. The number of Topliss-reactive ketones (excluding diaryl/α,β-unsaturated/α-hetero) is 2. The van der Waals surface area contributed by atoms with Crippen LogP contribution in [0.4, 0.5) is 0 Å². The lowest BCUT2D eigenvalue weighted by molar-refractivity contribution is -0.142. The molecule has 0 spiro atoms. The summed E-state index contributed by atoms with van der Waals surface area (Å²) >= 11 is 0. The lowest BCUT2D eigenvalue weighted by Gasteiger charge is -2.07. The van der Waals surface area contributed by atoms with Crippen molar-refractivity contribution in [2.24, 2.45) is 0 Å². The van der Waals surface area contributed by atoms with Gasteiger partial charge in [0.05, 0.1) is 6.42 Å². The Morgan fingerprint density at radius 2 is 1.75 bits per heavy atom. The third-order valence-electron chi connectivity index (χ3n) is 5.53. The van der Waals surface area contributed by atoms with Gasteiger partial charge in [0, 0.05) is 35.5 Å². The molecule has 1 aliphatic carbocycles. The van der Waals surface area contributed by atoms with Gasteiger partial charge < -0.3 is 9.30 Å². The number of nitrogens with zero attached hydrogens (tertiary/aromatic N) is 1. The van der Waals surface area contributed by atoms with Crippen molar-refractivity contribution in [1.29, 1.82) is 0 Å². The zero-order valence-corrected chi connectivity index (χ0v) is 16.8. The lowest BCUT2D eigenvalue weighted by atomic mass is 10.0. The van der Waals surface area contributed by atoms with Crippen molar-refractivity contribution in [3.05, 3.63) is 57.9 Å². The van der Waals surface area contributed by atoms with Crippen molar-refractivity contribution in [3.63, 3.8) is 0 Å². The number of hydrogen-bond donors (Lipinski definition) is 0. The molecule has 0 bridgehead atoms. The fourth-order valence-corrected chi connectivity index (χ4v) is 3.97. The Morgan fingerprint density at radius 1 is 1.00 bits per heavy atom. The van der Waals surface area contributed by atoms with Gasteiger partial charge in [-0.1, -0.05) is 12.1 Å². The first kappa shape index (κ1) is 20.1. The van der Waals surface area contributed by atoms with Crippen molar-refractivity contribution in [2.45, 2.75) is 59.4 Å². The zero-order valence-electron chi connectivity index (χ0n) is 16.8. The first-order valence-corrected chi connectivity index (χ1v) is 9.91. The number of carbonyl (C=O) groups excluding carboxylic acids is 3. The van der Waals surface area contributed by atoms with Crippen molar-refractivity contribution in [3.8, 4) is 0 Å². The smallest absolute Gasteiger partial charge is 0.306 e. The Hall–Kier alpha value is -2.69.